The monoisotopic (exact) mass is 490 g/mol. The van der Waals surface area contributed by atoms with E-state index in [1.807, 2.05) is 19.1 Å². The number of pyridine rings is 1. The van der Waals surface area contributed by atoms with E-state index in [0.717, 1.165) is 35.5 Å². The summed E-state index contributed by atoms with van der Waals surface area (Å²) >= 11 is 0. The van der Waals surface area contributed by atoms with E-state index < -0.39 is 11.6 Å². The Hall–Kier alpha value is -4.14. The fraction of sp³-hybridized carbons (Fsp3) is 0.296. The summed E-state index contributed by atoms with van der Waals surface area (Å²) in [6.45, 7) is 5.52. The van der Waals surface area contributed by atoms with Gasteiger partial charge in [-0.05, 0) is 73.7 Å². The van der Waals surface area contributed by atoms with Gasteiger partial charge in [0, 0.05) is 36.5 Å². The lowest BCUT2D eigenvalue weighted by Gasteiger charge is -2.18. The lowest BCUT2D eigenvalue weighted by Crippen LogP contribution is -2.17. The van der Waals surface area contributed by atoms with Crippen LogP contribution in [0.1, 0.15) is 41.1 Å². The topological polar surface area (TPSA) is 104 Å². The molecule has 3 heterocycles. The molecule has 36 heavy (non-hydrogen) atoms. The summed E-state index contributed by atoms with van der Waals surface area (Å²) in [5.41, 5.74) is 5.27. The highest BCUT2D eigenvalue weighted by Gasteiger charge is 2.18. The number of benzene rings is 2. The molecule has 4 aromatic rings. The Balaban J connectivity index is 1.40. The van der Waals surface area contributed by atoms with E-state index in [1.165, 1.54) is 12.8 Å². The molecule has 0 aliphatic carbocycles. The third-order valence-electron chi connectivity index (χ3n) is 6.55. The molecule has 2 N–H and O–H groups in total. The highest BCUT2D eigenvalue weighted by Crippen LogP contribution is 2.33. The Bertz CT molecular complexity index is 1460. The Morgan fingerprint density at radius 2 is 1.97 bits per heavy atom. The Kier molecular flexibility index (Phi) is 6.45. The van der Waals surface area contributed by atoms with Crippen LogP contribution in [0.5, 0.6) is 11.5 Å². The largest absolute Gasteiger partial charge is 0.506 e. The van der Waals surface area contributed by atoms with Crippen molar-refractivity contribution in [3.63, 3.8) is 0 Å². The number of aryl methyl sites for hydroxylation is 1. The first kappa shape index (κ1) is 23.6. The minimum atomic E-state index is -0.694. The number of aromatic hydroxyl groups is 1. The third-order valence-corrected chi connectivity index (χ3v) is 6.55. The first-order valence-electron chi connectivity index (χ1n) is 11.9. The van der Waals surface area contributed by atoms with Crippen LogP contribution >= 0.6 is 0 Å². The average Bonchev–Trinajstić information content (AvgIpc) is 3.56. The molecule has 1 fully saturated rings. The number of H-pyrrole nitrogens is 1. The zero-order valence-electron chi connectivity index (χ0n) is 20.2. The van der Waals surface area contributed by atoms with E-state index in [2.05, 4.69) is 31.7 Å². The molecule has 9 heteroatoms. The first-order chi connectivity index (χ1) is 17.4. The molecule has 5 rings (SSSR count). The van der Waals surface area contributed by atoms with Gasteiger partial charge in [0.2, 0.25) is 0 Å². The smallest absolute Gasteiger partial charge is 0.439 e. The highest BCUT2D eigenvalue weighted by atomic mass is 19.1. The number of anilines is 1. The molecule has 0 amide bonds. The van der Waals surface area contributed by atoms with Gasteiger partial charge in [0.25, 0.3) is 0 Å². The summed E-state index contributed by atoms with van der Waals surface area (Å²) in [6.07, 6.45) is 2.76. The maximum Gasteiger partial charge on any atom is 0.439 e. The summed E-state index contributed by atoms with van der Waals surface area (Å²) in [5.74, 6) is -0.838. The van der Waals surface area contributed by atoms with Gasteiger partial charge >= 0.3 is 5.76 Å². The number of halogens is 1. The molecular formula is C27H27FN4O4. The van der Waals surface area contributed by atoms with E-state index >= 15 is 4.39 Å². The predicted octanol–water partition coefficient (Wildman–Crippen LogP) is 4.66. The van der Waals surface area contributed by atoms with Gasteiger partial charge in [0.05, 0.1) is 0 Å². The van der Waals surface area contributed by atoms with Gasteiger partial charge in [-0.3, -0.25) is 9.51 Å². The highest BCUT2D eigenvalue weighted by molar-refractivity contribution is 5.70. The third kappa shape index (κ3) is 4.82. The minimum absolute atomic E-state index is 0.0654. The van der Waals surface area contributed by atoms with E-state index in [4.69, 9.17) is 9.72 Å². The van der Waals surface area contributed by atoms with Crippen molar-refractivity contribution in [2.75, 3.05) is 18.0 Å². The van der Waals surface area contributed by atoms with E-state index in [-0.39, 0.29) is 23.9 Å². The van der Waals surface area contributed by atoms with Gasteiger partial charge in [-0.1, -0.05) is 17.3 Å². The van der Waals surface area contributed by atoms with Crippen LogP contribution in [0.15, 0.2) is 51.8 Å². The number of rotatable bonds is 7. The van der Waals surface area contributed by atoms with Crippen LogP contribution < -0.4 is 15.4 Å². The molecular weight excluding hydrogens is 463 g/mol. The van der Waals surface area contributed by atoms with E-state index in [1.54, 1.807) is 25.1 Å². The SMILES string of the molecule is Cc1cc(OCc2noc(=O)[nH]2)c(F)c(C)c1Cc1ccc(O)c(-c2cccc(N3CCCC3)c2)n1. The van der Waals surface area contributed by atoms with Crippen molar-refractivity contribution in [1.82, 2.24) is 15.1 Å². The zero-order valence-corrected chi connectivity index (χ0v) is 20.2. The molecule has 0 atom stereocenters. The van der Waals surface area contributed by atoms with Crippen molar-refractivity contribution >= 4 is 5.69 Å². The molecule has 2 aromatic carbocycles. The first-order valence-corrected chi connectivity index (χ1v) is 11.9. The zero-order chi connectivity index (χ0) is 25.2. The second kappa shape index (κ2) is 9.85. The molecule has 0 radical (unpaired) electrons. The molecule has 1 aliphatic rings. The van der Waals surface area contributed by atoms with Crippen LogP contribution in [0.3, 0.4) is 0 Å². The minimum Gasteiger partial charge on any atom is -0.506 e. The summed E-state index contributed by atoms with van der Waals surface area (Å²) in [5, 5.41) is 14.1. The molecule has 0 unspecified atom stereocenters. The molecule has 1 saturated heterocycles. The molecule has 0 saturated carbocycles. The van der Waals surface area contributed by atoms with Gasteiger partial charge in [0.15, 0.2) is 17.4 Å². The number of nitrogens with zero attached hydrogens (tertiary/aromatic N) is 3. The van der Waals surface area contributed by atoms with Crippen molar-refractivity contribution in [3.8, 4) is 22.8 Å². The number of nitrogens with one attached hydrogen (secondary N) is 1. The average molecular weight is 491 g/mol. The van der Waals surface area contributed by atoms with Gasteiger partial charge in [-0.25, -0.2) is 14.2 Å². The van der Waals surface area contributed by atoms with Crippen molar-refractivity contribution in [2.24, 2.45) is 0 Å². The van der Waals surface area contributed by atoms with E-state index in [9.17, 15) is 9.90 Å². The van der Waals surface area contributed by atoms with Crippen LogP contribution in [0.4, 0.5) is 10.1 Å². The molecule has 0 spiro atoms. The maximum atomic E-state index is 15.1. The van der Waals surface area contributed by atoms with Crippen LogP contribution in [-0.2, 0) is 13.0 Å². The van der Waals surface area contributed by atoms with Crippen molar-refractivity contribution in [2.45, 2.75) is 39.7 Å². The fourth-order valence-electron chi connectivity index (χ4n) is 4.62. The summed E-state index contributed by atoms with van der Waals surface area (Å²) in [6, 6.07) is 13.1. The lowest BCUT2D eigenvalue weighted by atomic mass is 9.97. The maximum absolute atomic E-state index is 15.1. The number of hydrogen-bond acceptors (Lipinski definition) is 7. The second-order valence-electron chi connectivity index (χ2n) is 9.03. The van der Waals surface area contributed by atoms with E-state index in [0.29, 0.717) is 23.4 Å². The Labute approximate surface area is 207 Å². The second-order valence-corrected chi connectivity index (χ2v) is 9.03. The number of ether oxygens (including phenoxy) is 1. The molecule has 2 aromatic heterocycles. The van der Waals surface area contributed by atoms with Gasteiger partial charge in [0.1, 0.15) is 18.1 Å². The number of aromatic amines is 1. The lowest BCUT2D eigenvalue weighted by molar-refractivity contribution is 0.271. The van der Waals surface area contributed by atoms with Crippen molar-refractivity contribution in [3.05, 3.63) is 87.0 Å². The van der Waals surface area contributed by atoms with Crippen molar-refractivity contribution < 1.29 is 18.8 Å². The van der Waals surface area contributed by atoms with Crippen molar-refractivity contribution in [1.29, 1.82) is 0 Å². The van der Waals surface area contributed by atoms with Crippen LogP contribution in [-0.4, -0.2) is 33.3 Å². The molecule has 8 nitrogen and oxygen atoms in total. The van der Waals surface area contributed by atoms with Gasteiger partial charge < -0.3 is 14.7 Å². The Morgan fingerprint density at radius 3 is 2.72 bits per heavy atom. The fourth-order valence-corrected chi connectivity index (χ4v) is 4.62. The molecule has 1 aliphatic heterocycles. The number of aromatic nitrogens is 3. The predicted molar refractivity (Wildman–Crippen MR) is 133 cm³/mol. The quantitative estimate of drug-likeness (QED) is 0.388. The number of hydrogen-bond donors (Lipinski definition) is 2. The summed E-state index contributed by atoms with van der Waals surface area (Å²) in [4.78, 5) is 20.5. The summed E-state index contributed by atoms with van der Waals surface area (Å²) < 4.78 is 25.1. The van der Waals surface area contributed by atoms with Crippen LogP contribution in [0.2, 0.25) is 0 Å². The standard InChI is InChI=1S/C27H27FN4O4/c1-16-12-23(35-15-24-30-27(34)36-31-24)25(28)17(2)21(16)14-19-8-9-22(33)26(29-19)18-6-5-7-20(13-18)32-10-3-4-11-32/h5-9,12-13,33H,3-4,10-11,14-15H2,1-2H3,(H,30,31,34). The van der Waals surface area contributed by atoms with Crippen LogP contribution in [0, 0.1) is 19.7 Å². The molecule has 0 bridgehead atoms. The summed E-state index contributed by atoms with van der Waals surface area (Å²) in [7, 11) is 0. The van der Waals surface area contributed by atoms with Gasteiger partial charge in [-0.2, -0.15) is 0 Å². The normalized spacial score (nSPS) is 13.4. The molecule has 186 valence electrons. The Morgan fingerprint density at radius 1 is 1.17 bits per heavy atom. The van der Waals surface area contributed by atoms with Crippen LogP contribution in [0.25, 0.3) is 11.3 Å². The van der Waals surface area contributed by atoms with Gasteiger partial charge in [-0.15, -0.1) is 0 Å².